The van der Waals surface area contributed by atoms with E-state index in [0.29, 0.717) is 29.0 Å². The second-order valence-corrected chi connectivity index (χ2v) is 5.76. The lowest BCUT2D eigenvalue weighted by Gasteiger charge is -2.16. The highest BCUT2D eigenvalue weighted by Crippen LogP contribution is 2.09. The van der Waals surface area contributed by atoms with Gasteiger partial charge in [0, 0.05) is 5.69 Å². The summed E-state index contributed by atoms with van der Waals surface area (Å²) in [5.41, 5.74) is 0.799. The van der Waals surface area contributed by atoms with E-state index in [9.17, 15) is 14.0 Å². The first-order chi connectivity index (χ1) is 12.0. The van der Waals surface area contributed by atoms with Crippen molar-refractivity contribution in [1.82, 2.24) is 14.9 Å². The number of nitrogens with zero attached hydrogens (tertiary/aromatic N) is 2. The highest BCUT2D eigenvalue weighted by Gasteiger charge is 2.10. The number of hydrogen-bond acceptors (Lipinski definition) is 4. The summed E-state index contributed by atoms with van der Waals surface area (Å²) >= 11 is 0. The zero-order valence-corrected chi connectivity index (χ0v) is 13.6. The molecule has 3 aromatic rings. The van der Waals surface area contributed by atoms with Crippen molar-refractivity contribution in [3.63, 3.8) is 0 Å². The number of H-pyrrole nitrogens is 1. The number of aromatic amines is 1. The number of benzene rings is 2. The van der Waals surface area contributed by atoms with Crippen LogP contribution >= 0.6 is 0 Å². The number of hydrogen-bond donors (Lipinski definition) is 2. The van der Waals surface area contributed by atoms with E-state index in [0.717, 1.165) is 0 Å². The lowest BCUT2D eigenvalue weighted by atomic mass is 10.2. The van der Waals surface area contributed by atoms with Crippen molar-refractivity contribution in [3.8, 4) is 0 Å². The molecular formula is C18H17FN4O2. The van der Waals surface area contributed by atoms with Gasteiger partial charge in [-0.2, -0.15) is 0 Å². The fourth-order valence-electron chi connectivity index (χ4n) is 2.53. The van der Waals surface area contributed by atoms with Crippen molar-refractivity contribution >= 4 is 22.5 Å². The lowest BCUT2D eigenvalue weighted by molar-refractivity contribution is -0.117. The van der Waals surface area contributed by atoms with E-state index in [4.69, 9.17) is 0 Å². The first kappa shape index (κ1) is 16.8. The molecule has 0 aliphatic heterocycles. The van der Waals surface area contributed by atoms with Gasteiger partial charge in [0.05, 0.1) is 24.0 Å². The largest absolute Gasteiger partial charge is 0.325 e. The fourth-order valence-corrected chi connectivity index (χ4v) is 2.53. The summed E-state index contributed by atoms with van der Waals surface area (Å²) in [6, 6.07) is 12.8. The Morgan fingerprint density at radius 1 is 1.24 bits per heavy atom. The van der Waals surface area contributed by atoms with Crippen LogP contribution < -0.4 is 10.9 Å². The first-order valence-electron chi connectivity index (χ1n) is 7.73. The van der Waals surface area contributed by atoms with Crippen LogP contribution in [0.2, 0.25) is 0 Å². The van der Waals surface area contributed by atoms with Crippen molar-refractivity contribution in [2.75, 3.05) is 18.9 Å². The second kappa shape index (κ2) is 7.23. The summed E-state index contributed by atoms with van der Waals surface area (Å²) in [7, 11) is 1.74. The topological polar surface area (TPSA) is 78.1 Å². The third-order valence-electron chi connectivity index (χ3n) is 3.60. The Morgan fingerprint density at radius 2 is 2.04 bits per heavy atom. The molecule has 0 aliphatic carbocycles. The number of carbonyl (C=O) groups is 1. The molecule has 0 saturated carbocycles. The molecule has 0 atom stereocenters. The van der Waals surface area contributed by atoms with E-state index in [1.165, 1.54) is 18.2 Å². The van der Waals surface area contributed by atoms with E-state index < -0.39 is 5.82 Å². The van der Waals surface area contributed by atoms with Gasteiger partial charge in [0.1, 0.15) is 11.6 Å². The van der Waals surface area contributed by atoms with Crippen LogP contribution in [0, 0.1) is 5.82 Å². The van der Waals surface area contributed by atoms with Crippen LogP contribution in [0.1, 0.15) is 5.82 Å². The quantitative estimate of drug-likeness (QED) is 0.746. The van der Waals surface area contributed by atoms with Crippen LogP contribution in [-0.4, -0.2) is 34.4 Å². The van der Waals surface area contributed by atoms with Crippen LogP contribution in [0.3, 0.4) is 0 Å². The van der Waals surface area contributed by atoms with Crippen molar-refractivity contribution in [2.24, 2.45) is 0 Å². The maximum atomic E-state index is 13.1. The molecule has 0 aliphatic rings. The molecule has 0 fully saturated rings. The maximum Gasteiger partial charge on any atom is 0.258 e. The number of anilines is 1. The van der Waals surface area contributed by atoms with Gasteiger partial charge in [-0.15, -0.1) is 0 Å². The lowest BCUT2D eigenvalue weighted by Crippen LogP contribution is -2.31. The van der Waals surface area contributed by atoms with Gasteiger partial charge in [-0.3, -0.25) is 14.5 Å². The number of halogens is 1. The van der Waals surface area contributed by atoms with Gasteiger partial charge in [-0.05, 0) is 37.4 Å². The number of rotatable bonds is 5. The Balaban J connectivity index is 1.65. The Bertz CT molecular complexity index is 970. The van der Waals surface area contributed by atoms with Gasteiger partial charge in [0.25, 0.3) is 5.56 Å². The first-order valence-corrected chi connectivity index (χ1v) is 7.73. The molecule has 6 nitrogen and oxygen atoms in total. The van der Waals surface area contributed by atoms with Crippen LogP contribution in [0.15, 0.2) is 53.3 Å². The van der Waals surface area contributed by atoms with Crippen LogP contribution in [0.5, 0.6) is 0 Å². The van der Waals surface area contributed by atoms with Crippen LogP contribution in [-0.2, 0) is 11.3 Å². The Kier molecular flexibility index (Phi) is 4.85. The van der Waals surface area contributed by atoms with Gasteiger partial charge in [0.15, 0.2) is 0 Å². The molecule has 1 aromatic heterocycles. The normalized spacial score (nSPS) is 11.0. The second-order valence-electron chi connectivity index (χ2n) is 5.76. The Labute approximate surface area is 143 Å². The van der Waals surface area contributed by atoms with Crippen LogP contribution in [0.25, 0.3) is 10.9 Å². The molecule has 0 unspecified atom stereocenters. The van der Waals surface area contributed by atoms with Gasteiger partial charge < -0.3 is 10.3 Å². The average molecular weight is 340 g/mol. The molecule has 0 radical (unpaired) electrons. The minimum absolute atomic E-state index is 0.0764. The SMILES string of the molecule is CN(CC(=O)Nc1cccc(F)c1)Cc1nc2ccccc2c(=O)[nH]1. The van der Waals surface area contributed by atoms with Crippen molar-refractivity contribution in [3.05, 3.63) is 70.5 Å². The van der Waals surface area contributed by atoms with E-state index >= 15 is 0 Å². The van der Waals surface area contributed by atoms with Crippen molar-refractivity contribution in [1.29, 1.82) is 0 Å². The van der Waals surface area contributed by atoms with Crippen molar-refractivity contribution < 1.29 is 9.18 Å². The number of para-hydroxylation sites is 1. The minimum Gasteiger partial charge on any atom is -0.325 e. The highest BCUT2D eigenvalue weighted by molar-refractivity contribution is 5.92. The summed E-state index contributed by atoms with van der Waals surface area (Å²) in [5.74, 6) is -0.218. The molecule has 7 heteroatoms. The monoisotopic (exact) mass is 340 g/mol. The molecule has 1 amide bonds. The zero-order chi connectivity index (χ0) is 17.8. The number of amides is 1. The molecule has 25 heavy (non-hydrogen) atoms. The Hall–Kier alpha value is -3.06. The highest BCUT2D eigenvalue weighted by atomic mass is 19.1. The van der Waals surface area contributed by atoms with E-state index in [2.05, 4.69) is 15.3 Å². The molecular weight excluding hydrogens is 323 g/mol. The van der Waals surface area contributed by atoms with Gasteiger partial charge in [-0.25, -0.2) is 9.37 Å². The van der Waals surface area contributed by atoms with Crippen molar-refractivity contribution in [2.45, 2.75) is 6.54 Å². The third kappa shape index (κ3) is 4.27. The number of aromatic nitrogens is 2. The predicted octanol–water partition coefficient (Wildman–Crippen LogP) is 2.13. The maximum absolute atomic E-state index is 13.1. The zero-order valence-electron chi connectivity index (χ0n) is 13.6. The fraction of sp³-hybridized carbons (Fsp3) is 0.167. The summed E-state index contributed by atoms with van der Waals surface area (Å²) in [4.78, 5) is 32.9. The number of fused-ring (bicyclic) bond motifs is 1. The molecule has 0 bridgehead atoms. The molecule has 2 N–H and O–H groups in total. The standard InChI is InChI=1S/C18H17FN4O2/c1-23(11-17(24)20-13-6-4-5-12(19)9-13)10-16-21-15-8-3-2-7-14(15)18(25)22-16/h2-9H,10-11H2,1H3,(H,20,24)(H,21,22,25). The van der Waals surface area contributed by atoms with Gasteiger partial charge in [0.2, 0.25) is 5.91 Å². The predicted molar refractivity (Wildman–Crippen MR) is 93.7 cm³/mol. The molecule has 1 heterocycles. The number of carbonyl (C=O) groups excluding carboxylic acids is 1. The molecule has 2 aromatic carbocycles. The summed E-state index contributed by atoms with van der Waals surface area (Å²) < 4.78 is 13.1. The summed E-state index contributed by atoms with van der Waals surface area (Å²) in [6.45, 7) is 0.379. The van der Waals surface area contributed by atoms with Gasteiger partial charge >= 0.3 is 0 Å². The van der Waals surface area contributed by atoms with E-state index in [-0.39, 0.29) is 18.0 Å². The van der Waals surface area contributed by atoms with Gasteiger partial charge in [-0.1, -0.05) is 18.2 Å². The summed E-state index contributed by atoms with van der Waals surface area (Å²) in [5, 5.41) is 3.15. The van der Waals surface area contributed by atoms with E-state index in [1.54, 1.807) is 36.2 Å². The van der Waals surface area contributed by atoms with E-state index in [1.807, 2.05) is 6.07 Å². The smallest absolute Gasteiger partial charge is 0.258 e. The third-order valence-corrected chi connectivity index (χ3v) is 3.60. The average Bonchev–Trinajstić information content (AvgIpc) is 2.54. The Morgan fingerprint density at radius 3 is 2.84 bits per heavy atom. The molecule has 0 saturated heterocycles. The molecule has 0 spiro atoms. The number of likely N-dealkylation sites (N-methyl/N-ethyl adjacent to an activating group) is 1. The minimum atomic E-state index is -0.413. The molecule has 3 rings (SSSR count). The number of nitrogens with one attached hydrogen (secondary N) is 2. The van der Waals surface area contributed by atoms with Crippen LogP contribution in [0.4, 0.5) is 10.1 Å². The molecule has 128 valence electrons. The summed E-state index contributed by atoms with van der Waals surface area (Å²) in [6.07, 6.45) is 0.